The van der Waals surface area contributed by atoms with Crippen LogP contribution in [0.3, 0.4) is 0 Å². The van der Waals surface area contributed by atoms with Crippen LogP contribution in [0.5, 0.6) is 0 Å². The third-order valence-corrected chi connectivity index (χ3v) is 5.31. The van der Waals surface area contributed by atoms with E-state index < -0.39 is 5.97 Å². The van der Waals surface area contributed by atoms with Crippen LogP contribution in [-0.2, 0) is 22.4 Å². The molecule has 0 aliphatic heterocycles. The number of ether oxygens (including phenoxy) is 1. The van der Waals surface area contributed by atoms with E-state index in [2.05, 4.69) is 17.2 Å². The van der Waals surface area contributed by atoms with Crippen molar-refractivity contribution in [3.05, 3.63) is 64.8 Å². The third kappa shape index (κ3) is 3.79. The van der Waals surface area contributed by atoms with Crippen molar-refractivity contribution in [3.8, 4) is 0 Å². The Bertz CT molecular complexity index is 1050. The van der Waals surface area contributed by atoms with Gasteiger partial charge < -0.3 is 15.0 Å². The molecule has 28 heavy (non-hydrogen) atoms. The number of nitrogens with one attached hydrogen (secondary N) is 2. The van der Waals surface area contributed by atoms with Gasteiger partial charge in [-0.1, -0.05) is 19.1 Å². The summed E-state index contributed by atoms with van der Waals surface area (Å²) in [7, 11) is 0. The molecule has 1 heterocycles. The number of aryl methyl sites for hydroxylation is 2. The Kier molecular flexibility index (Phi) is 4.90. The first-order valence-electron chi connectivity index (χ1n) is 9.66. The van der Waals surface area contributed by atoms with E-state index in [1.165, 1.54) is 17.7 Å². The van der Waals surface area contributed by atoms with Crippen LogP contribution in [0.2, 0.25) is 0 Å². The lowest BCUT2D eigenvalue weighted by Gasteiger charge is -2.18. The van der Waals surface area contributed by atoms with Crippen LogP contribution in [0.1, 0.15) is 40.5 Å². The predicted molar refractivity (Wildman–Crippen MR) is 110 cm³/mol. The fourth-order valence-corrected chi connectivity index (χ4v) is 3.85. The van der Waals surface area contributed by atoms with Crippen LogP contribution in [0.4, 0.5) is 5.69 Å². The lowest BCUT2D eigenvalue weighted by molar-refractivity contribution is -0.119. The number of carbonyl (C=O) groups excluding carboxylic acids is 2. The quantitative estimate of drug-likeness (QED) is 0.663. The molecular weight excluding hydrogens is 352 g/mol. The zero-order valence-electron chi connectivity index (χ0n) is 16.2. The van der Waals surface area contributed by atoms with E-state index in [-0.39, 0.29) is 12.5 Å². The van der Waals surface area contributed by atoms with E-state index in [1.807, 2.05) is 37.3 Å². The first-order valence-corrected chi connectivity index (χ1v) is 9.66. The van der Waals surface area contributed by atoms with Gasteiger partial charge in [-0.15, -0.1) is 0 Å². The van der Waals surface area contributed by atoms with Crippen molar-refractivity contribution in [2.24, 2.45) is 5.92 Å². The summed E-state index contributed by atoms with van der Waals surface area (Å²) in [6.45, 7) is 3.89. The van der Waals surface area contributed by atoms with Gasteiger partial charge in [0, 0.05) is 22.3 Å². The summed E-state index contributed by atoms with van der Waals surface area (Å²) in [4.78, 5) is 28.0. The van der Waals surface area contributed by atoms with Gasteiger partial charge >= 0.3 is 5.97 Å². The minimum absolute atomic E-state index is 0.312. The number of hydrogen-bond donors (Lipinski definition) is 2. The van der Waals surface area contributed by atoms with Gasteiger partial charge in [-0.3, -0.25) is 4.79 Å². The summed E-state index contributed by atoms with van der Waals surface area (Å²) in [6, 6.07) is 13.0. The number of H-pyrrole nitrogens is 1. The third-order valence-electron chi connectivity index (χ3n) is 5.31. The molecule has 1 aliphatic rings. The number of aromatic nitrogens is 1. The Morgan fingerprint density at radius 3 is 2.89 bits per heavy atom. The minimum Gasteiger partial charge on any atom is -0.452 e. The summed E-state index contributed by atoms with van der Waals surface area (Å²) in [6.07, 6.45) is 3.25. The van der Waals surface area contributed by atoms with Crippen LogP contribution in [0.25, 0.3) is 10.9 Å². The van der Waals surface area contributed by atoms with E-state index in [4.69, 9.17) is 4.74 Å². The fourth-order valence-electron chi connectivity index (χ4n) is 3.85. The van der Waals surface area contributed by atoms with Crippen molar-refractivity contribution in [3.63, 3.8) is 0 Å². The summed E-state index contributed by atoms with van der Waals surface area (Å²) in [5.74, 6) is -0.194. The molecule has 0 saturated carbocycles. The maximum atomic E-state index is 12.4. The molecule has 3 aromatic rings. The number of anilines is 1. The van der Waals surface area contributed by atoms with E-state index in [0.29, 0.717) is 17.2 Å². The molecule has 1 aromatic heterocycles. The molecule has 1 atom stereocenters. The zero-order valence-corrected chi connectivity index (χ0v) is 16.2. The van der Waals surface area contributed by atoms with Crippen LogP contribution in [-0.4, -0.2) is 23.5 Å². The predicted octanol–water partition coefficient (Wildman–Crippen LogP) is 4.40. The van der Waals surface area contributed by atoms with Crippen molar-refractivity contribution in [2.45, 2.75) is 33.1 Å². The number of hydrogen-bond acceptors (Lipinski definition) is 3. The van der Waals surface area contributed by atoms with Crippen molar-refractivity contribution in [2.75, 3.05) is 11.9 Å². The Hall–Kier alpha value is -3.08. The molecule has 5 heteroatoms. The topological polar surface area (TPSA) is 71.2 Å². The fraction of sp³-hybridized carbons (Fsp3) is 0.304. The molecule has 5 nitrogen and oxygen atoms in total. The molecule has 0 fully saturated rings. The molecule has 0 radical (unpaired) electrons. The molecule has 1 aliphatic carbocycles. The Morgan fingerprint density at radius 2 is 2.07 bits per heavy atom. The number of fused-ring (bicyclic) bond motifs is 3. The highest BCUT2D eigenvalue weighted by Gasteiger charge is 2.21. The van der Waals surface area contributed by atoms with E-state index >= 15 is 0 Å². The van der Waals surface area contributed by atoms with Crippen LogP contribution >= 0.6 is 0 Å². The molecule has 144 valence electrons. The highest BCUT2D eigenvalue weighted by Crippen LogP contribution is 2.32. The summed E-state index contributed by atoms with van der Waals surface area (Å²) in [5.41, 5.74) is 5.84. The van der Waals surface area contributed by atoms with Crippen molar-refractivity contribution < 1.29 is 14.3 Å². The average Bonchev–Trinajstić information content (AvgIpc) is 3.03. The second-order valence-corrected chi connectivity index (χ2v) is 7.68. The van der Waals surface area contributed by atoms with Crippen LogP contribution < -0.4 is 5.32 Å². The lowest BCUT2D eigenvalue weighted by Crippen LogP contribution is -2.21. The number of benzene rings is 2. The van der Waals surface area contributed by atoms with Crippen molar-refractivity contribution in [1.29, 1.82) is 0 Å². The number of carbonyl (C=O) groups is 2. The summed E-state index contributed by atoms with van der Waals surface area (Å²) in [5, 5.41) is 3.82. The lowest BCUT2D eigenvalue weighted by atomic mass is 9.87. The summed E-state index contributed by atoms with van der Waals surface area (Å²) >= 11 is 0. The molecule has 0 bridgehead atoms. The van der Waals surface area contributed by atoms with Gasteiger partial charge in [0.05, 0.1) is 5.56 Å². The second-order valence-electron chi connectivity index (χ2n) is 7.68. The Balaban J connectivity index is 1.44. The van der Waals surface area contributed by atoms with Gasteiger partial charge in [0.1, 0.15) is 0 Å². The molecule has 0 saturated heterocycles. The highest BCUT2D eigenvalue weighted by molar-refractivity contribution is 5.98. The van der Waals surface area contributed by atoms with Gasteiger partial charge in [0.25, 0.3) is 5.91 Å². The van der Waals surface area contributed by atoms with Crippen molar-refractivity contribution in [1.82, 2.24) is 4.98 Å². The van der Waals surface area contributed by atoms with Gasteiger partial charge in [-0.2, -0.15) is 0 Å². The molecule has 0 unspecified atom stereocenters. The first kappa shape index (κ1) is 18.3. The highest BCUT2D eigenvalue weighted by atomic mass is 16.5. The second kappa shape index (κ2) is 7.50. The van der Waals surface area contributed by atoms with Crippen molar-refractivity contribution >= 4 is 28.5 Å². The van der Waals surface area contributed by atoms with Gasteiger partial charge in [0.15, 0.2) is 6.61 Å². The minimum atomic E-state index is -0.486. The van der Waals surface area contributed by atoms with Crippen LogP contribution in [0, 0.1) is 12.8 Å². The van der Waals surface area contributed by atoms with Gasteiger partial charge in [-0.25, -0.2) is 4.79 Å². The van der Waals surface area contributed by atoms with Gasteiger partial charge in [-0.05, 0) is 73.6 Å². The Morgan fingerprint density at radius 1 is 1.21 bits per heavy atom. The van der Waals surface area contributed by atoms with Crippen LogP contribution in [0.15, 0.2) is 42.5 Å². The molecular formula is C23H24N2O3. The number of aromatic amines is 1. The molecule has 1 amide bonds. The number of rotatable bonds is 4. The largest absolute Gasteiger partial charge is 0.452 e. The maximum Gasteiger partial charge on any atom is 0.338 e. The smallest absolute Gasteiger partial charge is 0.338 e. The average molecular weight is 376 g/mol. The number of esters is 1. The SMILES string of the molecule is Cc1cccc(NC(=O)COC(=O)c2ccc3[nH]c4c(c3c2)C[C@H](C)CC4)c1. The zero-order chi connectivity index (χ0) is 19.7. The summed E-state index contributed by atoms with van der Waals surface area (Å²) < 4.78 is 5.22. The van der Waals surface area contributed by atoms with E-state index in [0.717, 1.165) is 29.3 Å². The van der Waals surface area contributed by atoms with E-state index in [9.17, 15) is 9.59 Å². The Labute approximate surface area is 164 Å². The number of amides is 1. The first-order chi connectivity index (χ1) is 13.5. The van der Waals surface area contributed by atoms with E-state index in [1.54, 1.807) is 12.1 Å². The normalized spacial score (nSPS) is 15.9. The monoisotopic (exact) mass is 376 g/mol. The standard InChI is InChI=1S/C23H24N2O3/c1-14-4-3-5-17(10-14)24-22(26)13-28-23(27)16-7-9-21-19(12-16)18-11-15(2)6-8-20(18)25-21/h3-5,7,9-10,12,15,25H,6,8,11,13H2,1-2H3,(H,24,26)/t15-/m1/s1. The molecule has 2 aromatic carbocycles. The maximum absolute atomic E-state index is 12.4. The van der Waals surface area contributed by atoms with Gasteiger partial charge in [0.2, 0.25) is 0 Å². The molecule has 4 rings (SSSR count). The molecule has 2 N–H and O–H groups in total. The molecule has 0 spiro atoms.